The predicted molar refractivity (Wildman–Crippen MR) is 94.9 cm³/mol. The number of anilines is 2. The van der Waals surface area contributed by atoms with Gasteiger partial charge in [-0.25, -0.2) is 0 Å². The second-order valence-corrected chi connectivity index (χ2v) is 5.89. The number of carbonyl (C=O) groups excluding carboxylic acids is 1. The van der Waals surface area contributed by atoms with Crippen molar-refractivity contribution in [2.45, 2.75) is 0 Å². The van der Waals surface area contributed by atoms with E-state index in [0.29, 0.717) is 6.54 Å². The van der Waals surface area contributed by atoms with Crippen LogP contribution in [-0.2, 0) is 4.79 Å². The van der Waals surface area contributed by atoms with Crippen molar-refractivity contribution in [2.75, 3.05) is 49.6 Å². The largest absolute Gasteiger partial charge is 0.368 e. The van der Waals surface area contributed by atoms with Gasteiger partial charge in [0.2, 0.25) is 5.91 Å². The lowest BCUT2D eigenvalue weighted by Gasteiger charge is -2.37. The van der Waals surface area contributed by atoms with Crippen LogP contribution in [0, 0.1) is 0 Å². The smallest absolute Gasteiger partial charge is 0.242 e. The van der Waals surface area contributed by atoms with Crippen molar-refractivity contribution in [2.24, 2.45) is 0 Å². The summed E-state index contributed by atoms with van der Waals surface area (Å²) in [7, 11) is 1.97. The molecule has 3 rings (SSSR count). The number of carbonyl (C=O) groups is 1. The Morgan fingerprint density at radius 1 is 0.913 bits per heavy atom. The summed E-state index contributed by atoms with van der Waals surface area (Å²) in [6, 6.07) is 20.4. The molecule has 0 unspecified atom stereocenters. The lowest BCUT2D eigenvalue weighted by Crippen LogP contribution is -2.51. The van der Waals surface area contributed by atoms with E-state index < -0.39 is 0 Å². The highest BCUT2D eigenvalue weighted by molar-refractivity contribution is 5.81. The number of para-hydroxylation sites is 2. The van der Waals surface area contributed by atoms with Crippen LogP contribution in [-0.4, -0.2) is 50.6 Å². The van der Waals surface area contributed by atoms with Gasteiger partial charge in [-0.3, -0.25) is 4.79 Å². The summed E-state index contributed by atoms with van der Waals surface area (Å²) in [4.78, 5) is 18.8. The van der Waals surface area contributed by atoms with Crippen molar-refractivity contribution < 1.29 is 4.79 Å². The quantitative estimate of drug-likeness (QED) is 0.868. The second kappa shape index (κ2) is 7.18. The first kappa shape index (κ1) is 15.4. The standard InChI is InChI=1S/C19H23N3O/c1-20(17-8-4-2-5-9-17)16-19(23)22-14-12-21(13-15-22)18-10-6-3-7-11-18/h2-11H,12-16H2,1H3. The molecule has 2 aromatic rings. The summed E-state index contributed by atoms with van der Waals surface area (Å²) in [5.41, 5.74) is 2.31. The third kappa shape index (κ3) is 3.83. The van der Waals surface area contributed by atoms with Crippen LogP contribution in [0.15, 0.2) is 60.7 Å². The highest BCUT2D eigenvalue weighted by Gasteiger charge is 2.22. The van der Waals surface area contributed by atoms with Gasteiger partial charge in [0.1, 0.15) is 0 Å². The lowest BCUT2D eigenvalue weighted by molar-refractivity contribution is -0.129. The van der Waals surface area contributed by atoms with Crippen LogP contribution < -0.4 is 9.80 Å². The lowest BCUT2D eigenvalue weighted by atomic mass is 10.2. The molecular formula is C19H23N3O. The second-order valence-electron chi connectivity index (χ2n) is 5.89. The Balaban J connectivity index is 1.52. The molecular weight excluding hydrogens is 286 g/mol. The van der Waals surface area contributed by atoms with Crippen molar-refractivity contribution in [1.29, 1.82) is 0 Å². The van der Waals surface area contributed by atoms with Gasteiger partial charge in [-0.2, -0.15) is 0 Å². The summed E-state index contributed by atoms with van der Waals surface area (Å²) in [6.45, 7) is 3.79. The summed E-state index contributed by atoms with van der Waals surface area (Å²) < 4.78 is 0. The van der Waals surface area contributed by atoms with Crippen molar-refractivity contribution in [3.05, 3.63) is 60.7 Å². The van der Waals surface area contributed by atoms with Crippen LogP contribution in [0.5, 0.6) is 0 Å². The molecule has 23 heavy (non-hydrogen) atoms. The fourth-order valence-electron chi connectivity index (χ4n) is 2.93. The minimum Gasteiger partial charge on any atom is -0.368 e. The third-order valence-electron chi connectivity index (χ3n) is 4.32. The molecule has 0 N–H and O–H groups in total. The van der Waals surface area contributed by atoms with Crippen LogP contribution >= 0.6 is 0 Å². The highest BCUT2D eigenvalue weighted by Crippen LogP contribution is 2.16. The van der Waals surface area contributed by atoms with Gasteiger partial charge in [0.05, 0.1) is 6.54 Å². The van der Waals surface area contributed by atoms with Gasteiger partial charge >= 0.3 is 0 Å². The van der Waals surface area contributed by atoms with Gasteiger partial charge in [0.25, 0.3) is 0 Å². The maximum Gasteiger partial charge on any atom is 0.242 e. The van der Waals surface area contributed by atoms with Crippen molar-refractivity contribution in [3.8, 4) is 0 Å². The van der Waals surface area contributed by atoms with E-state index in [4.69, 9.17) is 0 Å². The molecule has 4 nitrogen and oxygen atoms in total. The van der Waals surface area contributed by atoms with Crippen LogP contribution in [0.3, 0.4) is 0 Å². The zero-order valence-corrected chi connectivity index (χ0v) is 13.6. The molecule has 0 saturated carbocycles. The number of nitrogens with zero attached hydrogens (tertiary/aromatic N) is 3. The summed E-state index contributed by atoms with van der Waals surface area (Å²) in [5, 5.41) is 0. The number of likely N-dealkylation sites (N-methyl/N-ethyl adjacent to an activating group) is 1. The number of piperazine rings is 1. The first-order chi connectivity index (χ1) is 11.2. The minimum absolute atomic E-state index is 0.198. The molecule has 0 spiro atoms. The number of benzene rings is 2. The fourth-order valence-corrected chi connectivity index (χ4v) is 2.93. The van der Waals surface area contributed by atoms with E-state index in [9.17, 15) is 4.79 Å². The van der Waals surface area contributed by atoms with E-state index in [-0.39, 0.29) is 5.91 Å². The van der Waals surface area contributed by atoms with Crippen molar-refractivity contribution >= 4 is 17.3 Å². The maximum atomic E-state index is 12.5. The van der Waals surface area contributed by atoms with Crippen LogP contribution in [0.2, 0.25) is 0 Å². The molecule has 2 aromatic carbocycles. The SMILES string of the molecule is CN(CC(=O)N1CCN(c2ccccc2)CC1)c1ccccc1. The minimum atomic E-state index is 0.198. The van der Waals surface area contributed by atoms with Crippen molar-refractivity contribution in [3.63, 3.8) is 0 Å². The van der Waals surface area contributed by atoms with E-state index in [1.165, 1.54) is 5.69 Å². The molecule has 1 aliphatic rings. The molecule has 4 heteroatoms. The first-order valence-electron chi connectivity index (χ1n) is 8.08. The Labute approximate surface area is 137 Å². The molecule has 120 valence electrons. The first-order valence-corrected chi connectivity index (χ1v) is 8.08. The van der Waals surface area contributed by atoms with E-state index in [2.05, 4.69) is 29.2 Å². The third-order valence-corrected chi connectivity index (χ3v) is 4.32. The molecule has 1 heterocycles. The van der Waals surface area contributed by atoms with Crippen molar-refractivity contribution in [1.82, 2.24) is 4.90 Å². The Kier molecular flexibility index (Phi) is 4.81. The zero-order chi connectivity index (χ0) is 16.1. The molecule has 0 atom stereocenters. The van der Waals surface area contributed by atoms with E-state index in [1.54, 1.807) is 0 Å². The Bertz CT molecular complexity index is 622. The van der Waals surface area contributed by atoms with Gasteiger partial charge < -0.3 is 14.7 Å². The summed E-state index contributed by atoms with van der Waals surface area (Å²) in [6.07, 6.45) is 0. The van der Waals surface area contributed by atoms with Crippen LogP contribution in [0.4, 0.5) is 11.4 Å². The van der Waals surface area contributed by atoms with Gasteiger partial charge in [-0.05, 0) is 24.3 Å². The average molecular weight is 309 g/mol. The van der Waals surface area contributed by atoms with E-state index >= 15 is 0 Å². The predicted octanol–water partition coefficient (Wildman–Crippen LogP) is 2.47. The van der Waals surface area contributed by atoms with Gasteiger partial charge in [0, 0.05) is 44.6 Å². The van der Waals surface area contributed by atoms with Crippen LogP contribution in [0.25, 0.3) is 0 Å². The highest BCUT2D eigenvalue weighted by atomic mass is 16.2. The number of hydrogen-bond donors (Lipinski definition) is 0. The Hall–Kier alpha value is -2.49. The Morgan fingerprint density at radius 2 is 1.48 bits per heavy atom. The monoisotopic (exact) mass is 309 g/mol. The summed E-state index contributed by atoms with van der Waals surface area (Å²) in [5.74, 6) is 0.198. The molecule has 0 bridgehead atoms. The number of amides is 1. The van der Waals surface area contributed by atoms with Gasteiger partial charge in [0.15, 0.2) is 0 Å². The average Bonchev–Trinajstić information content (AvgIpc) is 2.63. The molecule has 1 fully saturated rings. The van der Waals surface area contributed by atoms with Gasteiger partial charge in [-0.15, -0.1) is 0 Å². The molecule has 0 aromatic heterocycles. The topological polar surface area (TPSA) is 26.8 Å². The Morgan fingerprint density at radius 3 is 2.09 bits per heavy atom. The van der Waals surface area contributed by atoms with E-state index in [1.807, 2.05) is 53.2 Å². The number of hydrogen-bond acceptors (Lipinski definition) is 3. The van der Waals surface area contributed by atoms with E-state index in [0.717, 1.165) is 31.9 Å². The summed E-state index contributed by atoms with van der Waals surface area (Å²) >= 11 is 0. The maximum absolute atomic E-state index is 12.5. The molecule has 0 radical (unpaired) electrons. The number of rotatable bonds is 4. The van der Waals surface area contributed by atoms with Crippen LogP contribution in [0.1, 0.15) is 0 Å². The molecule has 1 aliphatic heterocycles. The molecule has 1 saturated heterocycles. The molecule has 1 amide bonds. The normalized spacial score (nSPS) is 14.7. The fraction of sp³-hybridized carbons (Fsp3) is 0.316. The zero-order valence-electron chi connectivity index (χ0n) is 13.6. The molecule has 0 aliphatic carbocycles. The van der Waals surface area contributed by atoms with Gasteiger partial charge in [-0.1, -0.05) is 36.4 Å².